The van der Waals surface area contributed by atoms with Crippen LogP contribution in [0.3, 0.4) is 0 Å². The van der Waals surface area contributed by atoms with Gasteiger partial charge in [-0.15, -0.1) is 0 Å². The fourth-order valence-electron chi connectivity index (χ4n) is 8.99. The third kappa shape index (κ3) is 4.76. The Morgan fingerprint density at radius 2 is 1.73 bits per heavy atom. The molecule has 188 valence electrons. The van der Waals surface area contributed by atoms with Crippen LogP contribution in [-0.2, 0) is 9.53 Å². The molecule has 0 aromatic rings. The van der Waals surface area contributed by atoms with Gasteiger partial charge in [0, 0.05) is 5.92 Å². The number of fused-ring (bicyclic) bond motifs is 5. The van der Waals surface area contributed by atoms with Crippen molar-refractivity contribution < 1.29 is 9.53 Å². The van der Waals surface area contributed by atoms with Crippen LogP contribution < -0.4 is 0 Å². The van der Waals surface area contributed by atoms with E-state index < -0.39 is 0 Å². The van der Waals surface area contributed by atoms with E-state index >= 15 is 0 Å². The van der Waals surface area contributed by atoms with Crippen molar-refractivity contribution in [2.75, 3.05) is 0 Å². The molecule has 0 amide bonds. The first kappa shape index (κ1) is 25.5. The smallest absolute Gasteiger partial charge is 0.159 e. The highest BCUT2D eigenvalue weighted by Gasteiger charge is 2.61. The van der Waals surface area contributed by atoms with Gasteiger partial charge in [-0.2, -0.15) is 0 Å². The third-order valence-corrected chi connectivity index (χ3v) is 10.6. The van der Waals surface area contributed by atoms with Gasteiger partial charge in [-0.05, 0) is 112 Å². The highest BCUT2D eigenvalue weighted by molar-refractivity contribution is 5.94. The number of rotatable bonds is 6. The fraction of sp³-hybridized carbons (Fsp3) is 0.903. The summed E-state index contributed by atoms with van der Waals surface area (Å²) < 4.78 is 6.36. The van der Waals surface area contributed by atoms with Crippen LogP contribution in [0.4, 0.5) is 0 Å². The summed E-state index contributed by atoms with van der Waals surface area (Å²) in [6.07, 6.45) is 14.9. The van der Waals surface area contributed by atoms with Gasteiger partial charge in [-0.1, -0.05) is 59.5 Å². The van der Waals surface area contributed by atoms with Gasteiger partial charge in [-0.3, -0.25) is 4.79 Å². The standard InChI is InChI=1S/C31H52O2/c1-20(2)10-9-11-21(3)24-12-13-25-28-26(15-17-31(24,25)8)30(7)16-14-23(33-29(4,5)6)18-22(30)19-27(28)32/h19-21,23-26,28H,9-18H2,1-8H3/t21-,23-,24+,25+,26+,28-,30-,31+/m0/s1. The molecule has 33 heavy (non-hydrogen) atoms. The Morgan fingerprint density at radius 1 is 1.00 bits per heavy atom. The molecule has 2 heteroatoms. The van der Waals surface area contributed by atoms with Crippen molar-refractivity contribution in [2.24, 2.45) is 46.3 Å². The predicted octanol–water partition coefficient (Wildman–Crippen LogP) is 8.39. The zero-order valence-corrected chi connectivity index (χ0v) is 23.0. The van der Waals surface area contributed by atoms with Crippen LogP contribution in [0.25, 0.3) is 0 Å². The van der Waals surface area contributed by atoms with E-state index in [9.17, 15) is 4.79 Å². The van der Waals surface area contributed by atoms with E-state index in [2.05, 4.69) is 61.5 Å². The van der Waals surface area contributed by atoms with Gasteiger partial charge in [0.15, 0.2) is 5.78 Å². The van der Waals surface area contributed by atoms with E-state index in [0.717, 1.165) is 30.6 Å². The molecule has 2 nitrogen and oxygen atoms in total. The molecule has 0 aliphatic heterocycles. The lowest BCUT2D eigenvalue weighted by Gasteiger charge is -2.58. The fourth-order valence-corrected chi connectivity index (χ4v) is 8.99. The molecular formula is C31H52O2. The van der Waals surface area contributed by atoms with Gasteiger partial charge in [0.1, 0.15) is 0 Å². The summed E-state index contributed by atoms with van der Waals surface area (Å²) in [6, 6.07) is 0. The van der Waals surface area contributed by atoms with Crippen LogP contribution in [0.15, 0.2) is 11.6 Å². The van der Waals surface area contributed by atoms with Gasteiger partial charge >= 0.3 is 0 Å². The van der Waals surface area contributed by atoms with Crippen LogP contribution in [0.2, 0.25) is 0 Å². The molecule has 0 bridgehead atoms. The maximum atomic E-state index is 13.7. The summed E-state index contributed by atoms with van der Waals surface area (Å²) in [5.74, 6) is 4.29. The summed E-state index contributed by atoms with van der Waals surface area (Å²) in [5, 5.41) is 0. The Bertz CT molecular complexity index is 757. The van der Waals surface area contributed by atoms with E-state index in [1.807, 2.05) is 0 Å². The Hall–Kier alpha value is -0.630. The molecule has 0 aromatic heterocycles. The van der Waals surface area contributed by atoms with Gasteiger partial charge in [0.05, 0.1) is 11.7 Å². The van der Waals surface area contributed by atoms with Gasteiger partial charge < -0.3 is 4.74 Å². The van der Waals surface area contributed by atoms with Crippen molar-refractivity contribution in [3.8, 4) is 0 Å². The molecule has 4 aliphatic rings. The minimum Gasteiger partial charge on any atom is -0.372 e. The molecule has 8 atom stereocenters. The largest absolute Gasteiger partial charge is 0.372 e. The average Bonchev–Trinajstić information content (AvgIpc) is 3.05. The number of carbonyl (C=O) groups excluding carboxylic acids is 1. The van der Waals surface area contributed by atoms with Gasteiger partial charge in [0.25, 0.3) is 0 Å². The highest BCUT2D eigenvalue weighted by atomic mass is 16.5. The minimum atomic E-state index is -0.114. The monoisotopic (exact) mass is 456 g/mol. The average molecular weight is 457 g/mol. The molecule has 0 unspecified atom stereocenters. The Kier molecular flexibility index (Phi) is 7.03. The van der Waals surface area contributed by atoms with Crippen LogP contribution >= 0.6 is 0 Å². The second kappa shape index (κ2) is 9.11. The number of allylic oxidation sites excluding steroid dienone is 1. The van der Waals surface area contributed by atoms with Crippen molar-refractivity contribution in [3.63, 3.8) is 0 Å². The second-order valence-corrected chi connectivity index (χ2v) is 14.4. The van der Waals surface area contributed by atoms with E-state index in [1.54, 1.807) is 0 Å². The topological polar surface area (TPSA) is 26.3 Å². The molecule has 4 rings (SSSR count). The zero-order valence-electron chi connectivity index (χ0n) is 23.0. The van der Waals surface area contributed by atoms with Crippen molar-refractivity contribution in [1.29, 1.82) is 0 Å². The maximum absolute atomic E-state index is 13.7. The van der Waals surface area contributed by atoms with Gasteiger partial charge in [-0.25, -0.2) is 0 Å². The molecule has 0 N–H and O–H groups in total. The number of carbonyl (C=O) groups is 1. The Balaban J connectivity index is 1.51. The molecule has 0 aromatic carbocycles. The van der Waals surface area contributed by atoms with Crippen LogP contribution in [-0.4, -0.2) is 17.5 Å². The maximum Gasteiger partial charge on any atom is 0.159 e. The quantitative estimate of drug-likeness (QED) is 0.401. The molecule has 0 spiro atoms. The minimum absolute atomic E-state index is 0.114. The molecule has 0 saturated heterocycles. The van der Waals surface area contributed by atoms with E-state index in [-0.39, 0.29) is 23.0 Å². The van der Waals surface area contributed by atoms with Crippen LogP contribution in [0, 0.1) is 46.3 Å². The molecule has 4 aliphatic carbocycles. The van der Waals surface area contributed by atoms with E-state index in [0.29, 0.717) is 23.0 Å². The molecule has 3 saturated carbocycles. The Labute approximate surface area is 204 Å². The first-order valence-corrected chi connectivity index (χ1v) is 14.3. The van der Waals surface area contributed by atoms with Crippen LogP contribution in [0.1, 0.15) is 120 Å². The molecule has 3 fully saturated rings. The lowest BCUT2D eigenvalue weighted by atomic mass is 9.46. The molecule has 0 heterocycles. The summed E-state index contributed by atoms with van der Waals surface area (Å²) in [7, 11) is 0. The summed E-state index contributed by atoms with van der Waals surface area (Å²) >= 11 is 0. The van der Waals surface area contributed by atoms with Gasteiger partial charge in [0.2, 0.25) is 0 Å². The van der Waals surface area contributed by atoms with E-state index in [4.69, 9.17) is 4.74 Å². The second-order valence-electron chi connectivity index (χ2n) is 14.4. The lowest BCUT2D eigenvalue weighted by Crippen LogP contribution is -2.54. The van der Waals surface area contributed by atoms with Crippen molar-refractivity contribution >= 4 is 5.78 Å². The Morgan fingerprint density at radius 3 is 2.39 bits per heavy atom. The summed E-state index contributed by atoms with van der Waals surface area (Å²) in [6.45, 7) is 18.7. The highest BCUT2D eigenvalue weighted by Crippen LogP contribution is 2.66. The van der Waals surface area contributed by atoms with Crippen LogP contribution in [0.5, 0.6) is 0 Å². The zero-order chi connectivity index (χ0) is 24.2. The molecular weight excluding hydrogens is 404 g/mol. The third-order valence-electron chi connectivity index (χ3n) is 10.6. The van der Waals surface area contributed by atoms with Crippen molar-refractivity contribution in [1.82, 2.24) is 0 Å². The summed E-state index contributed by atoms with van der Waals surface area (Å²) in [4.78, 5) is 13.7. The normalized spacial score (nSPS) is 41.9. The summed E-state index contributed by atoms with van der Waals surface area (Å²) in [5.41, 5.74) is 1.87. The lowest BCUT2D eigenvalue weighted by molar-refractivity contribution is -0.137. The molecule has 0 radical (unpaired) electrons. The first-order valence-electron chi connectivity index (χ1n) is 14.3. The van der Waals surface area contributed by atoms with Crippen molar-refractivity contribution in [3.05, 3.63) is 11.6 Å². The SMILES string of the molecule is CC(C)CCC[C@H](C)[C@H]1CC[C@@H]2[C@@H]3C(=O)C=C4C[C@@H](OC(C)(C)C)CC[C@]4(C)[C@@H]3CC[C@@]21C. The van der Waals surface area contributed by atoms with E-state index in [1.165, 1.54) is 56.9 Å². The predicted molar refractivity (Wildman–Crippen MR) is 138 cm³/mol. The van der Waals surface area contributed by atoms with Crippen molar-refractivity contribution in [2.45, 2.75) is 131 Å². The number of ether oxygens (including phenoxy) is 1. The number of hydrogen-bond donors (Lipinski definition) is 0. The first-order chi connectivity index (χ1) is 15.3. The number of ketones is 1. The number of hydrogen-bond acceptors (Lipinski definition) is 2.